The summed E-state index contributed by atoms with van der Waals surface area (Å²) in [6, 6.07) is 4.72. The molecular weight excluding hydrogens is 378 g/mol. The van der Waals surface area contributed by atoms with E-state index in [1.54, 1.807) is 6.07 Å². The summed E-state index contributed by atoms with van der Waals surface area (Å²) in [6.45, 7) is 6.20. The van der Waals surface area contributed by atoms with Crippen molar-refractivity contribution in [3.63, 3.8) is 0 Å². The van der Waals surface area contributed by atoms with E-state index >= 15 is 0 Å². The summed E-state index contributed by atoms with van der Waals surface area (Å²) < 4.78 is 24.5. The number of benzene rings is 1. The molecule has 2 aliphatic heterocycles. The van der Waals surface area contributed by atoms with Gasteiger partial charge in [0, 0.05) is 37.5 Å². The van der Waals surface area contributed by atoms with Crippen molar-refractivity contribution in [3.05, 3.63) is 28.3 Å². The largest absolute Gasteiger partial charge is 0.370 e. The van der Waals surface area contributed by atoms with Crippen LogP contribution in [-0.4, -0.2) is 56.7 Å². The zero-order chi connectivity index (χ0) is 20.3. The fraction of sp³-hybridized carbons (Fsp3) is 0.700. The Balaban J connectivity index is 1.71. The van der Waals surface area contributed by atoms with Crippen LogP contribution in [0.3, 0.4) is 0 Å². The molecule has 7 nitrogen and oxygen atoms in total. The van der Waals surface area contributed by atoms with Gasteiger partial charge in [0.15, 0.2) is 9.84 Å². The van der Waals surface area contributed by atoms with Gasteiger partial charge in [-0.3, -0.25) is 10.1 Å². The van der Waals surface area contributed by atoms with Crippen molar-refractivity contribution in [2.45, 2.75) is 56.4 Å². The second-order valence-electron chi connectivity index (χ2n) is 8.33. The number of likely N-dealkylation sites (tertiary alicyclic amines) is 1. The molecule has 2 saturated heterocycles. The van der Waals surface area contributed by atoms with Crippen molar-refractivity contribution in [1.29, 1.82) is 0 Å². The molecule has 2 heterocycles. The van der Waals surface area contributed by atoms with Crippen molar-refractivity contribution in [3.8, 4) is 0 Å². The molecular formula is C20H31N3O4S. The molecule has 3 rings (SSSR count). The van der Waals surface area contributed by atoms with Crippen molar-refractivity contribution in [2.75, 3.05) is 37.3 Å². The van der Waals surface area contributed by atoms with Gasteiger partial charge in [0.2, 0.25) is 0 Å². The maximum absolute atomic E-state index is 12.2. The molecule has 0 spiro atoms. The number of nitrogens with zero attached hydrogens (tertiary/aromatic N) is 3. The molecule has 0 aliphatic carbocycles. The second-order valence-corrected chi connectivity index (χ2v) is 10.3. The summed E-state index contributed by atoms with van der Waals surface area (Å²) in [5.41, 5.74) is 0.404. The van der Waals surface area contributed by atoms with Gasteiger partial charge in [0.05, 0.1) is 15.5 Å². The zero-order valence-corrected chi connectivity index (χ0v) is 17.7. The average molecular weight is 410 g/mol. The third-order valence-corrected chi connectivity index (χ3v) is 7.30. The minimum absolute atomic E-state index is 0.0558. The third kappa shape index (κ3) is 5.03. The zero-order valence-electron chi connectivity index (χ0n) is 16.8. The Morgan fingerprint density at radius 2 is 1.75 bits per heavy atom. The monoisotopic (exact) mass is 409 g/mol. The molecule has 0 bridgehead atoms. The van der Waals surface area contributed by atoms with E-state index in [1.807, 2.05) is 0 Å². The molecule has 1 atom stereocenters. The number of anilines is 1. The van der Waals surface area contributed by atoms with E-state index in [4.69, 9.17) is 0 Å². The lowest BCUT2D eigenvalue weighted by atomic mass is 9.95. The molecule has 28 heavy (non-hydrogen) atoms. The van der Waals surface area contributed by atoms with Crippen molar-refractivity contribution in [2.24, 2.45) is 5.92 Å². The molecule has 1 aromatic carbocycles. The van der Waals surface area contributed by atoms with Crippen LogP contribution in [0.15, 0.2) is 23.1 Å². The fourth-order valence-corrected chi connectivity index (χ4v) is 5.37. The topological polar surface area (TPSA) is 83.8 Å². The molecule has 0 amide bonds. The molecule has 0 radical (unpaired) electrons. The maximum Gasteiger partial charge on any atom is 0.270 e. The van der Waals surface area contributed by atoms with E-state index in [1.165, 1.54) is 37.8 Å². The Kier molecular flexibility index (Phi) is 6.60. The van der Waals surface area contributed by atoms with Gasteiger partial charge >= 0.3 is 0 Å². The van der Waals surface area contributed by atoms with E-state index in [0.29, 0.717) is 11.7 Å². The van der Waals surface area contributed by atoms with Crippen LogP contribution in [0.4, 0.5) is 11.4 Å². The summed E-state index contributed by atoms with van der Waals surface area (Å²) in [6.07, 6.45) is 8.25. The predicted octanol–water partition coefficient (Wildman–Crippen LogP) is 3.48. The number of nitro groups is 1. The predicted molar refractivity (Wildman–Crippen MR) is 111 cm³/mol. The molecule has 0 saturated carbocycles. The Morgan fingerprint density at radius 3 is 2.39 bits per heavy atom. The summed E-state index contributed by atoms with van der Waals surface area (Å²) in [5, 5.41) is 11.1. The normalized spacial score (nSPS) is 23.2. The molecule has 2 fully saturated rings. The first kappa shape index (κ1) is 21.0. The van der Waals surface area contributed by atoms with E-state index in [-0.39, 0.29) is 10.6 Å². The SMILES string of the molecule is CC1CCCCN(C2CCN(c3ccc([N+](=O)[O-])cc3S(C)(=O)=O)CC2)CC1. The van der Waals surface area contributed by atoms with Gasteiger partial charge in [-0.1, -0.05) is 19.8 Å². The third-order valence-electron chi connectivity index (χ3n) is 6.18. The minimum Gasteiger partial charge on any atom is -0.370 e. The van der Waals surface area contributed by atoms with Crippen LogP contribution in [0, 0.1) is 16.0 Å². The number of non-ortho nitro benzene ring substituents is 1. The number of sulfone groups is 1. The molecule has 156 valence electrons. The fourth-order valence-electron chi connectivity index (χ4n) is 4.46. The van der Waals surface area contributed by atoms with Crippen LogP contribution in [0.2, 0.25) is 0 Å². The van der Waals surface area contributed by atoms with Gasteiger partial charge in [-0.05, 0) is 50.8 Å². The Labute approximate surface area is 167 Å². The molecule has 1 unspecified atom stereocenters. The second kappa shape index (κ2) is 8.78. The summed E-state index contributed by atoms with van der Waals surface area (Å²) in [7, 11) is -3.54. The average Bonchev–Trinajstić information content (AvgIpc) is 2.64. The van der Waals surface area contributed by atoms with Crippen molar-refractivity contribution < 1.29 is 13.3 Å². The number of nitro benzene ring substituents is 1. The molecule has 8 heteroatoms. The Morgan fingerprint density at radius 1 is 1.04 bits per heavy atom. The van der Waals surface area contributed by atoms with Crippen LogP contribution in [0.5, 0.6) is 0 Å². The minimum atomic E-state index is -3.54. The number of rotatable bonds is 4. The smallest absolute Gasteiger partial charge is 0.270 e. The summed E-state index contributed by atoms with van der Waals surface area (Å²) in [5.74, 6) is 0.792. The highest BCUT2D eigenvalue weighted by molar-refractivity contribution is 7.90. The maximum atomic E-state index is 12.2. The first-order chi connectivity index (χ1) is 13.3. The first-order valence-electron chi connectivity index (χ1n) is 10.2. The van der Waals surface area contributed by atoms with Crippen LogP contribution in [0.25, 0.3) is 0 Å². The van der Waals surface area contributed by atoms with E-state index in [0.717, 1.165) is 51.2 Å². The summed E-state index contributed by atoms with van der Waals surface area (Å²) in [4.78, 5) is 15.3. The van der Waals surface area contributed by atoms with Crippen LogP contribution < -0.4 is 4.90 Å². The van der Waals surface area contributed by atoms with Crippen molar-refractivity contribution >= 4 is 21.2 Å². The molecule has 0 aromatic heterocycles. The van der Waals surface area contributed by atoms with Gasteiger partial charge in [0.25, 0.3) is 5.69 Å². The Hall–Kier alpha value is -1.67. The highest BCUT2D eigenvalue weighted by atomic mass is 32.2. The van der Waals surface area contributed by atoms with Gasteiger partial charge in [-0.2, -0.15) is 0 Å². The number of hydrogen-bond acceptors (Lipinski definition) is 6. The van der Waals surface area contributed by atoms with Crippen LogP contribution >= 0.6 is 0 Å². The summed E-state index contributed by atoms with van der Waals surface area (Å²) >= 11 is 0. The lowest BCUT2D eigenvalue weighted by molar-refractivity contribution is -0.385. The standard InChI is InChI=1S/C20H31N3O4S/c1-16-5-3-4-11-21(12-8-16)17-9-13-22(14-10-17)19-7-6-18(23(24)25)15-20(19)28(2,26)27/h6-7,15-17H,3-5,8-14H2,1-2H3. The van der Waals surface area contributed by atoms with Crippen LogP contribution in [0.1, 0.15) is 45.4 Å². The van der Waals surface area contributed by atoms with E-state index in [2.05, 4.69) is 16.7 Å². The van der Waals surface area contributed by atoms with E-state index < -0.39 is 14.8 Å². The first-order valence-corrected chi connectivity index (χ1v) is 12.1. The van der Waals surface area contributed by atoms with E-state index in [9.17, 15) is 18.5 Å². The lowest BCUT2D eigenvalue weighted by Crippen LogP contribution is -2.46. The highest BCUT2D eigenvalue weighted by Gasteiger charge is 2.28. The van der Waals surface area contributed by atoms with Gasteiger partial charge in [-0.25, -0.2) is 8.42 Å². The lowest BCUT2D eigenvalue weighted by Gasteiger charge is -2.41. The van der Waals surface area contributed by atoms with Gasteiger partial charge in [0.1, 0.15) is 0 Å². The molecule has 1 aromatic rings. The van der Waals surface area contributed by atoms with Crippen molar-refractivity contribution in [1.82, 2.24) is 4.90 Å². The molecule has 2 aliphatic rings. The Bertz CT molecular complexity index is 804. The van der Waals surface area contributed by atoms with Gasteiger partial charge in [-0.15, -0.1) is 0 Å². The number of piperidine rings is 1. The highest BCUT2D eigenvalue weighted by Crippen LogP contribution is 2.32. The quantitative estimate of drug-likeness (QED) is 0.559. The number of hydrogen-bond donors (Lipinski definition) is 0. The van der Waals surface area contributed by atoms with Gasteiger partial charge < -0.3 is 9.80 Å². The molecule has 0 N–H and O–H groups in total. The van der Waals surface area contributed by atoms with Crippen LogP contribution in [-0.2, 0) is 9.84 Å².